The number of rotatable bonds is 5. The van der Waals surface area contributed by atoms with Crippen LogP contribution in [-0.2, 0) is 26.1 Å². The zero-order valence-electron chi connectivity index (χ0n) is 12.9. The molecule has 0 amide bonds. The van der Waals surface area contributed by atoms with Crippen molar-refractivity contribution in [1.82, 2.24) is 9.55 Å². The monoisotopic (exact) mass is 386 g/mol. The van der Waals surface area contributed by atoms with Crippen LogP contribution in [0.2, 0.25) is 0 Å². The third-order valence-corrected chi connectivity index (χ3v) is 4.21. The highest BCUT2D eigenvalue weighted by Gasteiger charge is 2.62. The summed E-state index contributed by atoms with van der Waals surface area (Å²) >= 11 is 0. The molecule has 0 unspecified atom stereocenters. The summed E-state index contributed by atoms with van der Waals surface area (Å²) in [5.41, 5.74) is -5.29. The van der Waals surface area contributed by atoms with E-state index in [9.17, 15) is 19.3 Å². The maximum Gasteiger partial charge on any atom is 0.468 e. The van der Waals surface area contributed by atoms with Gasteiger partial charge in [0.05, 0.1) is 23.7 Å². The lowest BCUT2D eigenvalue weighted by atomic mass is 9.60. The van der Waals surface area contributed by atoms with Gasteiger partial charge in [-0.1, -0.05) is 0 Å². The smallest absolute Gasteiger partial charge is 0.391 e. The van der Waals surface area contributed by atoms with Gasteiger partial charge in [0.15, 0.2) is 0 Å². The Labute approximate surface area is 148 Å². The molecule has 3 atom stereocenters. The van der Waals surface area contributed by atoms with Gasteiger partial charge in [0.2, 0.25) is 5.85 Å². The van der Waals surface area contributed by atoms with Crippen molar-refractivity contribution in [2.24, 2.45) is 0 Å². The first-order chi connectivity index (χ1) is 11.7. The Balaban J connectivity index is 2.52. The molecule has 1 saturated heterocycles. The third kappa shape index (κ3) is 3.61. The van der Waals surface area contributed by atoms with E-state index < -0.39 is 55.1 Å². The number of phosphoric ester groups is 1. The van der Waals surface area contributed by atoms with Crippen molar-refractivity contribution in [1.29, 1.82) is 0 Å². The Bertz CT molecular complexity index is 872. The molecule has 1 aliphatic rings. The molecule has 1 aromatic rings. The average molecular weight is 386 g/mol. The van der Waals surface area contributed by atoms with Gasteiger partial charge < -0.3 is 24.7 Å². The number of ether oxygens (including phenoxy) is 1. The van der Waals surface area contributed by atoms with Crippen molar-refractivity contribution in [3.63, 3.8) is 0 Å². The Kier molecular flexibility index (Phi) is 5.23. The molecule has 16 heteroatoms. The van der Waals surface area contributed by atoms with Crippen molar-refractivity contribution in [3.05, 3.63) is 32.6 Å². The highest BCUT2D eigenvalue weighted by atomic mass is 31.2. The van der Waals surface area contributed by atoms with Gasteiger partial charge in [0.25, 0.3) is 5.56 Å². The van der Waals surface area contributed by atoms with Gasteiger partial charge in [-0.2, -0.15) is 0 Å². The van der Waals surface area contributed by atoms with E-state index in [0.717, 1.165) is 0 Å². The Morgan fingerprint density at radius 2 is 2.08 bits per heavy atom. The van der Waals surface area contributed by atoms with Gasteiger partial charge >= 0.3 is 13.5 Å². The molecule has 5 N–H and O–H groups in total. The first-order valence-electron chi connectivity index (χ1n) is 6.81. The number of aliphatic hydroxyl groups excluding tert-OH is 2. The van der Waals surface area contributed by atoms with Gasteiger partial charge in [-0.15, -0.1) is 0 Å². The maximum absolute atomic E-state index is 15.0. The van der Waals surface area contributed by atoms with Crippen molar-refractivity contribution in [2.75, 3.05) is 0 Å². The van der Waals surface area contributed by atoms with Crippen LogP contribution in [0.25, 0.3) is 0 Å². The lowest BCUT2D eigenvalue weighted by Crippen LogP contribution is -2.56. The lowest BCUT2D eigenvalue weighted by molar-refractivity contribution is -0.219. The van der Waals surface area contributed by atoms with Crippen LogP contribution in [0.3, 0.4) is 0 Å². The van der Waals surface area contributed by atoms with Crippen LogP contribution in [0, 0.1) is 0 Å². The van der Waals surface area contributed by atoms with Crippen molar-refractivity contribution < 1.29 is 38.2 Å². The maximum atomic E-state index is 15.0. The van der Waals surface area contributed by atoms with Crippen LogP contribution in [0.15, 0.2) is 15.8 Å². The van der Waals surface area contributed by atoms with Gasteiger partial charge in [0.1, 0.15) is 29.2 Å². The fourth-order valence-electron chi connectivity index (χ4n) is 2.36. The van der Waals surface area contributed by atoms with E-state index in [2.05, 4.69) is 4.52 Å². The molecular formula is C10H11B3FN2O9P. The summed E-state index contributed by atoms with van der Waals surface area (Å²) in [6, 6.07) is 0. The van der Waals surface area contributed by atoms with E-state index in [1.54, 1.807) is 4.98 Å². The van der Waals surface area contributed by atoms with E-state index in [1.807, 2.05) is 0 Å². The van der Waals surface area contributed by atoms with Crippen LogP contribution < -0.4 is 11.2 Å². The van der Waals surface area contributed by atoms with Gasteiger partial charge in [-0.25, -0.2) is 13.8 Å². The molecule has 1 fully saturated rings. The van der Waals surface area contributed by atoms with Crippen molar-refractivity contribution in [2.45, 2.75) is 36.0 Å². The predicted octanol–water partition coefficient (Wildman–Crippen LogP) is -3.65. The standard InChI is InChI=1S/C10H11B3FN2O9P/c11-9(16-2-4(3-17)6(19)15-7(16)20)5(18)1-8(14,24-9)10(12,13)25-26(21,22)23/h2,5,17-18H,1,3H2,(H,15,19,20)(H2,21,22,23)/t5-,8+,9+/m1/s1. The molecule has 1 aromatic heterocycles. The zero-order chi connectivity index (χ0) is 20.1. The molecule has 0 aromatic carbocycles. The molecule has 11 nitrogen and oxygen atoms in total. The summed E-state index contributed by atoms with van der Waals surface area (Å²) < 4.78 is 35.0. The molecule has 0 aliphatic carbocycles. The summed E-state index contributed by atoms with van der Waals surface area (Å²) in [5.74, 6) is -3.46. The summed E-state index contributed by atoms with van der Waals surface area (Å²) in [7, 11) is 10.8. The minimum atomic E-state index is -5.39. The molecule has 26 heavy (non-hydrogen) atoms. The van der Waals surface area contributed by atoms with Crippen molar-refractivity contribution in [3.8, 4) is 0 Å². The van der Waals surface area contributed by atoms with Gasteiger partial charge in [-0.05, 0) is 0 Å². The zero-order valence-corrected chi connectivity index (χ0v) is 13.8. The second kappa shape index (κ2) is 6.45. The average Bonchev–Trinajstić information content (AvgIpc) is 2.68. The van der Waals surface area contributed by atoms with Crippen molar-refractivity contribution >= 4 is 31.4 Å². The molecule has 0 spiro atoms. The van der Waals surface area contributed by atoms with Gasteiger partial charge in [-0.3, -0.25) is 18.9 Å². The summed E-state index contributed by atoms with van der Waals surface area (Å²) in [5, 5.41) is 15.9. The quantitative estimate of drug-likeness (QED) is 0.253. The number of hydrogen-bond donors (Lipinski definition) is 5. The lowest BCUT2D eigenvalue weighted by Gasteiger charge is -2.39. The first kappa shape index (κ1) is 21.1. The topological polar surface area (TPSA) is 171 Å². The SMILES string of the molecule is [B]C([B])(OP(=O)(O)O)[C@]1(F)C[C@@H](O)[C@]([B])(n2cc(CO)c(=O)[nH]c2=O)O1. The fourth-order valence-corrected chi connectivity index (χ4v) is 2.89. The number of aromatic amines is 1. The molecule has 136 valence electrons. The van der Waals surface area contributed by atoms with Crippen LogP contribution in [-0.4, -0.2) is 70.4 Å². The third-order valence-electron chi connectivity index (χ3n) is 3.67. The number of aromatic nitrogens is 2. The summed E-state index contributed by atoms with van der Waals surface area (Å²) in [4.78, 5) is 42.7. The van der Waals surface area contributed by atoms with Crippen LogP contribution >= 0.6 is 7.82 Å². The number of H-pyrrole nitrogens is 1. The van der Waals surface area contributed by atoms with Crippen LogP contribution in [0.4, 0.5) is 4.39 Å². The molecule has 0 saturated carbocycles. The van der Waals surface area contributed by atoms with Gasteiger partial charge in [0, 0.05) is 12.6 Å². The molecular weight excluding hydrogens is 375 g/mol. The minimum Gasteiger partial charge on any atom is -0.391 e. The predicted molar refractivity (Wildman–Crippen MR) is 83.9 cm³/mol. The van der Waals surface area contributed by atoms with E-state index in [1.165, 1.54) is 0 Å². The Hall–Kier alpha value is -1.21. The second-order valence-electron chi connectivity index (χ2n) is 5.62. The number of nitrogens with one attached hydrogen (secondary N) is 1. The normalized spacial score (nSPS) is 29.8. The fraction of sp³-hybridized carbons (Fsp3) is 0.600. The molecule has 1 aliphatic heterocycles. The number of alkyl halides is 1. The van der Waals surface area contributed by atoms with E-state index in [0.29, 0.717) is 10.8 Å². The second-order valence-corrected chi connectivity index (χ2v) is 6.78. The molecule has 2 heterocycles. The molecule has 2 rings (SSSR count). The number of aliphatic hydroxyl groups is 2. The summed E-state index contributed by atoms with van der Waals surface area (Å²) in [6.07, 6.45) is -2.49. The molecule has 6 radical (unpaired) electrons. The number of nitrogens with zero attached hydrogens (tertiary/aromatic N) is 1. The Morgan fingerprint density at radius 3 is 2.58 bits per heavy atom. The highest BCUT2D eigenvalue weighted by Crippen LogP contribution is 2.50. The largest absolute Gasteiger partial charge is 0.468 e. The van der Waals surface area contributed by atoms with Crippen LogP contribution in [0.1, 0.15) is 12.0 Å². The van der Waals surface area contributed by atoms with Crippen LogP contribution in [0.5, 0.6) is 0 Å². The number of phosphoric acid groups is 1. The summed E-state index contributed by atoms with van der Waals surface area (Å²) in [6.45, 7) is -0.832. The minimum absolute atomic E-state index is 0.361. The number of halogens is 1. The molecule has 0 bridgehead atoms. The number of hydrogen-bond acceptors (Lipinski definition) is 7. The Morgan fingerprint density at radius 1 is 1.50 bits per heavy atom. The van der Waals surface area contributed by atoms with E-state index in [-0.39, 0.29) is 5.56 Å². The first-order valence-corrected chi connectivity index (χ1v) is 8.34. The van der Waals surface area contributed by atoms with E-state index in [4.69, 9.17) is 43.2 Å². The highest BCUT2D eigenvalue weighted by molar-refractivity contribution is 7.46. The van der Waals surface area contributed by atoms with E-state index >= 15 is 4.39 Å².